The number of rotatable bonds is 6. The minimum atomic E-state index is -0.0162. The first-order valence-corrected chi connectivity index (χ1v) is 7.53. The minimum Gasteiger partial charge on any atom is -0.490 e. The van der Waals surface area contributed by atoms with E-state index in [0.717, 1.165) is 19.4 Å². The Hall–Kier alpha value is -2.33. The van der Waals surface area contributed by atoms with Crippen molar-refractivity contribution in [1.29, 1.82) is 0 Å². The monoisotopic (exact) mass is 297 g/mol. The maximum absolute atomic E-state index is 12.5. The molecule has 114 valence electrons. The van der Waals surface area contributed by atoms with Gasteiger partial charge in [0.05, 0.1) is 17.4 Å². The van der Waals surface area contributed by atoms with Crippen molar-refractivity contribution >= 4 is 21.9 Å². The maximum atomic E-state index is 12.5. The fourth-order valence-electron chi connectivity index (χ4n) is 2.50. The van der Waals surface area contributed by atoms with Crippen LogP contribution in [0.2, 0.25) is 0 Å². The van der Waals surface area contributed by atoms with E-state index in [9.17, 15) is 4.79 Å². The summed E-state index contributed by atoms with van der Waals surface area (Å²) in [6.45, 7) is 1.58. The first-order valence-electron chi connectivity index (χ1n) is 7.53. The van der Waals surface area contributed by atoms with Crippen LogP contribution in [-0.4, -0.2) is 20.2 Å². The Bertz CT molecular complexity index is 838. The Morgan fingerprint density at radius 3 is 2.73 bits per heavy atom. The van der Waals surface area contributed by atoms with Gasteiger partial charge in [-0.25, -0.2) is 0 Å². The topological polar surface area (TPSA) is 51.5 Å². The van der Waals surface area contributed by atoms with Gasteiger partial charge in [-0.3, -0.25) is 4.79 Å². The number of benzene rings is 2. The molecule has 0 aliphatic rings. The molecule has 0 fully saturated rings. The van der Waals surface area contributed by atoms with Crippen molar-refractivity contribution in [1.82, 2.24) is 5.32 Å². The lowest BCUT2D eigenvalue weighted by atomic mass is 10.1. The largest absolute Gasteiger partial charge is 0.490 e. The quantitative estimate of drug-likeness (QED) is 0.560. The number of unbranched alkanes of at least 4 members (excludes halogenated alkanes) is 1. The van der Waals surface area contributed by atoms with Crippen molar-refractivity contribution in [2.24, 2.45) is 0 Å². The third-order valence-electron chi connectivity index (χ3n) is 3.65. The molecule has 0 aliphatic heterocycles. The Morgan fingerprint density at radius 2 is 1.86 bits per heavy atom. The zero-order valence-corrected chi connectivity index (χ0v) is 12.6. The number of hydrogen-bond acceptors (Lipinski definition) is 4. The standard InChI is InChI=1S/C18H19NO3/c1-19-11-4-5-12-21-16-10-6-8-14-17(20)13-7-2-3-9-15(13)22-18(14)16/h2-3,6-10,19H,4-5,11-12H2,1H3. The van der Waals surface area contributed by atoms with Gasteiger partial charge < -0.3 is 14.5 Å². The molecule has 0 unspecified atom stereocenters. The predicted molar refractivity (Wildman–Crippen MR) is 88.6 cm³/mol. The first kappa shape index (κ1) is 14.6. The summed E-state index contributed by atoms with van der Waals surface area (Å²) < 4.78 is 11.7. The van der Waals surface area contributed by atoms with Gasteiger partial charge in [0.25, 0.3) is 0 Å². The Labute approximate surface area is 128 Å². The van der Waals surface area contributed by atoms with Crippen LogP contribution in [0, 0.1) is 0 Å². The second kappa shape index (κ2) is 6.62. The highest BCUT2D eigenvalue weighted by molar-refractivity contribution is 5.92. The molecule has 0 spiro atoms. The molecule has 0 radical (unpaired) electrons. The van der Waals surface area contributed by atoms with Gasteiger partial charge in [0.2, 0.25) is 5.43 Å². The lowest BCUT2D eigenvalue weighted by Crippen LogP contribution is -2.09. The molecule has 3 aromatic rings. The zero-order valence-electron chi connectivity index (χ0n) is 12.6. The van der Waals surface area contributed by atoms with Crippen LogP contribution in [0.25, 0.3) is 21.9 Å². The molecule has 0 aliphatic carbocycles. The van der Waals surface area contributed by atoms with Crippen LogP contribution >= 0.6 is 0 Å². The van der Waals surface area contributed by atoms with E-state index in [-0.39, 0.29) is 5.43 Å². The van der Waals surface area contributed by atoms with E-state index in [2.05, 4.69) is 5.32 Å². The molecule has 4 heteroatoms. The van der Waals surface area contributed by atoms with Crippen molar-refractivity contribution in [2.45, 2.75) is 12.8 Å². The molecule has 1 N–H and O–H groups in total. The summed E-state index contributed by atoms with van der Waals surface area (Å²) in [5.41, 5.74) is 1.10. The van der Waals surface area contributed by atoms with E-state index in [1.165, 1.54) is 0 Å². The molecule has 0 saturated carbocycles. The second-order valence-corrected chi connectivity index (χ2v) is 5.22. The molecule has 1 aromatic heterocycles. The molecule has 0 bridgehead atoms. The van der Waals surface area contributed by atoms with Gasteiger partial charge in [0.1, 0.15) is 5.58 Å². The van der Waals surface area contributed by atoms with Gasteiger partial charge in [0.15, 0.2) is 11.3 Å². The minimum absolute atomic E-state index is 0.0162. The van der Waals surface area contributed by atoms with E-state index >= 15 is 0 Å². The highest BCUT2D eigenvalue weighted by atomic mass is 16.5. The summed E-state index contributed by atoms with van der Waals surface area (Å²) >= 11 is 0. The normalized spacial score (nSPS) is 11.1. The van der Waals surface area contributed by atoms with Crippen LogP contribution in [0.5, 0.6) is 5.75 Å². The van der Waals surface area contributed by atoms with Gasteiger partial charge in [-0.15, -0.1) is 0 Å². The number of fused-ring (bicyclic) bond motifs is 2. The summed E-state index contributed by atoms with van der Waals surface area (Å²) in [4.78, 5) is 12.5. The van der Waals surface area contributed by atoms with Crippen LogP contribution in [0.4, 0.5) is 0 Å². The molecule has 1 heterocycles. The SMILES string of the molecule is CNCCCCOc1cccc2c(=O)c3ccccc3oc12. The fourth-order valence-corrected chi connectivity index (χ4v) is 2.50. The Balaban J connectivity index is 1.96. The second-order valence-electron chi connectivity index (χ2n) is 5.22. The van der Waals surface area contributed by atoms with Crippen molar-refractivity contribution in [3.05, 3.63) is 52.7 Å². The van der Waals surface area contributed by atoms with Crippen molar-refractivity contribution < 1.29 is 9.15 Å². The lowest BCUT2D eigenvalue weighted by molar-refractivity contribution is 0.306. The van der Waals surface area contributed by atoms with E-state index in [0.29, 0.717) is 34.3 Å². The van der Waals surface area contributed by atoms with Gasteiger partial charge in [-0.05, 0) is 50.7 Å². The summed E-state index contributed by atoms with van der Waals surface area (Å²) in [5.74, 6) is 0.629. The molecule has 0 amide bonds. The smallest absolute Gasteiger partial charge is 0.200 e. The molecule has 0 atom stereocenters. The van der Waals surface area contributed by atoms with Gasteiger partial charge in [-0.2, -0.15) is 0 Å². The molecular weight excluding hydrogens is 278 g/mol. The van der Waals surface area contributed by atoms with E-state index in [4.69, 9.17) is 9.15 Å². The van der Waals surface area contributed by atoms with E-state index in [1.807, 2.05) is 31.3 Å². The van der Waals surface area contributed by atoms with Crippen molar-refractivity contribution in [3.8, 4) is 5.75 Å². The molecule has 4 nitrogen and oxygen atoms in total. The van der Waals surface area contributed by atoms with Crippen LogP contribution in [0.1, 0.15) is 12.8 Å². The lowest BCUT2D eigenvalue weighted by Gasteiger charge is -2.09. The molecule has 3 rings (SSSR count). The fraction of sp³-hybridized carbons (Fsp3) is 0.278. The number of para-hydroxylation sites is 2. The maximum Gasteiger partial charge on any atom is 0.200 e. The first-order chi connectivity index (χ1) is 10.8. The van der Waals surface area contributed by atoms with Crippen molar-refractivity contribution in [2.75, 3.05) is 20.2 Å². The number of nitrogens with one attached hydrogen (secondary N) is 1. The summed E-state index contributed by atoms with van der Waals surface area (Å²) in [5, 5.41) is 4.27. The number of hydrogen-bond donors (Lipinski definition) is 1. The predicted octanol–water partition coefficient (Wildman–Crippen LogP) is 3.32. The molecule has 2 aromatic carbocycles. The highest BCUT2D eigenvalue weighted by Crippen LogP contribution is 2.27. The van der Waals surface area contributed by atoms with Gasteiger partial charge in [0, 0.05) is 0 Å². The third-order valence-corrected chi connectivity index (χ3v) is 3.65. The Kier molecular flexibility index (Phi) is 4.39. The van der Waals surface area contributed by atoms with Crippen LogP contribution in [0.15, 0.2) is 51.7 Å². The van der Waals surface area contributed by atoms with E-state index < -0.39 is 0 Å². The zero-order chi connectivity index (χ0) is 15.4. The highest BCUT2D eigenvalue weighted by Gasteiger charge is 2.11. The van der Waals surface area contributed by atoms with Crippen molar-refractivity contribution in [3.63, 3.8) is 0 Å². The summed E-state index contributed by atoms with van der Waals surface area (Å²) in [7, 11) is 1.94. The average molecular weight is 297 g/mol. The third kappa shape index (κ3) is 2.83. The summed E-state index contributed by atoms with van der Waals surface area (Å²) in [6.07, 6.45) is 2.00. The molecular formula is C18H19NO3. The van der Waals surface area contributed by atoms with E-state index in [1.54, 1.807) is 18.2 Å². The van der Waals surface area contributed by atoms with Crippen LogP contribution < -0.4 is 15.5 Å². The average Bonchev–Trinajstić information content (AvgIpc) is 2.55. The van der Waals surface area contributed by atoms with Gasteiger partial charge >= 0.3 is 0 Å². The molecule has 22 heavy (non-hydrogen) atoms. The molecule has 0 saturated heterocycles. The Morgan fingerprint density at radius 1 is 1.05 bits per heavy atom. The van der Waals surface area contributed by atoms with Crippen LogP contribution in [-0.2, 0) is 0 Å². The summed E-state index contributed by atoms with van der Waals surface area (Å²) in [6, 6.07) is 12.7. The van der Waals surface area contributed by atoms with Gasteiger partial charge in [-0.1, -0.05) is 18.2 Å². The number of ether oxygens (including phenoxy) is 1. The van der Waals surface area contributed by atoms with Crippen LogP contribution in [0.3, 0.4) is 0 Å².